The molecule has 0 spiro atoms. The number of unbranched alkanes of at least 4 members (excludes halogenated alkanes) is 22. The molecule has 0 fully saturated rings. The molecule has 0 rings (SSSR count). The van der Waals surface area contributed by atoms with Gasteiger partial charge in [-0.15, -0.1) is 0 Å². The van der Waals surface area contributed by atoms with E-state index in [0.717, 1.165) is 57.8 Å². The topological polar surface area (TPSA) is 172 Å². The van der Waals surface area contributed by atoms with Crippen LogP contribution in [0.5, 0.6) is 0 Å². The number of aliphatic carboxylic acids is 1. The number of esters is 2. The molecule has 3 atom stereocenters. The van der Waals surface area contributed by atoms with Gasteiger partial charge >= 0.3 is 25.7 Å². The summed E-state index contributed by atoms with van der Waals surface area (Å²) in [5.74, 6) is -2.41. The number of phosphoric acid groups is 1. The third-order valence-electron chi connectivity index (χ3n) is 9.65. The van der Waals surface area contributed by atoms with Gasteiger partial charge < -0.3 is 25.2 Å². The van der Waals surface area contributed by atoms with Gasteiger partial charge in [0.25, 0.3) is 0 Å². The van der Waals surface area contributed by atoms with Crippen LogP contribution in [-0.4, -0.2) is 59.9 Å². The molecule has 0 saturated heterocycles. The van der Waals surface area contributed by atoms with Gasteiger partial charge in [0.1, 0.15) is 12.6 Å². The zero-order chi connectivity index (χ0) is 42.1. The number of carboxylic acids is 1. The average molecular weight is 828 g/mol. The number of hydrogen-bond acceptors (Lipinski definition) is 9. The monoisotopic (exact) mass is 828 g/mol. The molecule has 3 unspecified atom stereocenters. The van der Waals surface area contributed by atoms with Crippen molar-refractivity contribution < 1.29 is 47.5 Å². The summed E-state index contributed by atoms with van der Waals surface area (Å²) in [5.41, 5.74) is 5.33. The second-order valence-electron chi connectivity index (χ2n) is 15.2. The summed E-state index contributed by atoms with van der Waals surface area (Å²) in [6.07, 6.45) is 43.6. The summed E-state index contributed by atoms with van der Waals surface area (Å²) in [7, 11) is -4.72. The molecular formula is C45H82NO10P. The van der Waals surface area contributed by atoms with Crippen molar-refractivity contribution >= 4 is 25.7 Å². The Morgan fingerprint density at radius 3 is 1.47 bits per heavy atom. The highest BCUT2D eigenvalue weighted by atomic mass is 31.2. The lowest BCUT2D eigenvalue weighted by molar-refractivity contribution is -0.161. The Morgan fingerprint density at radius 1 is 0.561 bits per heavy atom. The van der Waals surface area contributed by atoms with E-state index in [1.54, 1.807) is 0 Å². The van der Waals surface area contributed by atoms with Crippen LogP contribution < -0.4 is 5.73 Å². The fourth-order valence-corrected chi connectivity index (χ4v) is 6.92. The Balaban J connectivity index is 4.28. The van der Waals surface area contributed by atoms with Crippen molar-refractivity contribution in [3.8, 4) is 0 Å². The Labute approximate surface area is 346 Å². The van der Waals surface area contributed by atoms with Crippen LogP contribution in [0.4, 0.5) is 0 Å². The van der Waals surface area contributed by atoms with Gasteiger partial charge in [-0.2, -0.15) is 0 Å². The fourth-order valence-electron chi connectivity index (χ4n) is 6.14. The maximum atomic E-state index is 12.6. The smallest absolute Gasteiger partial charge is 0.472 e. The molecular weight excluding hydrogens is 745 g/mol. The van der Waals surface area contributed by atoms with Crippen molar-refractivity contribution in [3.05, 3.63) is 36.5 Å². The van der Waals surface area contributed by atoms with Crippen molar-refractivity contribution in [1.82, 2.24) is 0 Å². The molecule has 0 aliphatic heterocycles. The maximum Gasteiger partial charge on any atom is 0.472 e. The molecule has 11 nitrogen and oxygen atoms in total. The van der Waals surface area contributed by atoms with Gasteiger partial charge in [0.05, 0.1) is 13.2 Å². The fraction of sp³-hybridized carbons (Fsp3) is 0.800. The largest absolute Gasteiger partial charge is 0.480 e. The molecule has 4 N–H and O–H groups in total. The lowest BCUT2D eigenvalue weighted by atomic mass is 10.0. The van der Waals surface area contributed by atoms with E-state index in [2.05, 4.69) is 54.8 Å². The summed E-state index contributed by atoms with van der Waals surface area (Å²) in [6, 6.07) is -1.53. The number of carboxylic acid groups (broad SMARTS) is 1. The quantitative estimate of drug-likeness (QED) is 0.0231. The van der Waals surface area contributed by atoms with Crippen molar-refractivity contribution in [2.45, 2.75) is 212 Å². The van der Waals surface area contributed by atoms with E-state index in [9.17, 15) is 23.8 Å². The van der Waals surface area contributed by atoms with Crippen LogP contribution in [0.3, 0.4) is 0 Å². The Kier molecular flexibility index (Phi) is 38.8. The first-order valence-electron chi connectivity index (χ1n) is 22.5. The highest BCUT2D eigenvalue weighted by Gasteiger charge is 2.28. The number of carbonyl (C=O) groups is 3. The Morgan fingerprint density at radius 2 is 0.982 bits per heavy atom. The second-order valence-corrected chi connectivity index (χ2v) is 16.6. The molecule has 0 amide bonds. The average Bonchev–Trinajstić information content (AvgIpc) is 3.19. The normalized spacial score (nSPS) is 14.0. The van der Waals surface area contributed by atoms with E-state index < -0.39 is 51.1 Å². The van der Waals surface area contributed by atoms with E-state index >= 15 is 0 Å². The van der Waals surface area contributed by atoms with E-state index in [4.69, 9.17) is 24.8 Å². The lowest BCUT2D eigenvalue weighted by Crippen LogP contribution is -2.34. The summed E-state index contributed by atoms with van der Waals surface area (Å²) in [4.78, 5) is 45.9. The molecule has 0 aromatic carbocycles. The highest BCUT2D eigenvalue weighted by Crippen LogP contribution is 2.43. The molecule has 57 heavy (non-hydrogen) atoms. The number of phosphoric ester groups is 1. The summed E-state index contributed by atoms with van der Waals surface area (Å²) in [5, 5.41) is 8.89. The van der Waals surface area contributed by atoms with E-state index in [0.29, 0.717) is 12.8 Å². The van der Waals surface area contributed by atoms with Gasteiger partial charge in [0.15, 0.2) is 6.10 Å². The minimum absolute atomic E-state index is 0.127. The first-order chi connectivity index (χ1) is 27.6. The van der Waals surface area contributed by atoms with E-state index in [-0.39, 0.29) is 19.4 Å². The Hall–Kier alpha value is -2.30. The van der Waals surface area contributed by atoms with Crippen LogP contribution >= 0.6 is 7.82 Å². The Bertz CT molecular complexity index is 1110. The number of carbonyl (C=O) groups excluding carboxylic acids is 2. The highest BCUT2D eigenvalue weighted by molar-refractivity contribution is 7.47. The molecule has 0 bridgehead atoms. The minimum atomic E-state index is -4.72. The molecule has 0 aromatic rings. The van der Waals surface area contributed by atoms with Crippen LogP contribution in [0.1, 0.15) is 200 Å². The van der Waals surface area contributed by atoms with Crippen molar-refractivity contribution in [3.63, 3.8) is 0 Å². The first-order valence-corrected chi connectivity index (χ1v) is 24.0. The van der Waals surface area contributed by atoms with Gasteiger partial charge in [0.2, 0.25) is 0 Å². The summed E-state index contributed by atoms with van der Waals surface area (Å²) < 4.78 is 32.7. The molecule has 0 aliphatic carbocycles. The first kappa shape index (κ1) is 54.7. The van der Waals surface area contributed by atoms with Crippen molar-refractivity contribution in [2.24, 2.45) is 5.73 Å². The van der Waals surface area contributed by atoms with E-state index in [1.807, 2.05) is 0 Å². The zero-order valence-corrected chi connectivity index (χ0v) is 36.8. The van der Waals surface area contributed by atoms with Crippen molar-refractivity contribution in [1.29, 1.82) is 0 Å². The van der Waals surface area contributed by atoms with Gasteiger partial charge in [-0.25, -0.2) is 4.57 Å². The van der Waals surface area contributed by atoms with Crippen LogP contribution in [0.2, 0.25) is 0 Å². The SMILES string of the molecule is CC/C=C\C/C=C\C/C=C\CCCCCC(=O)OC(COC(=O)CCCCCCCCCCCCCCCCCCCCCC)COP(=O)(O)OCC(N)C(=O)O. The molecule has 12 heteroatoms. The predicted molar refractivity (Wildman–Crippen MR) is 231 cm³/mol. The molecule has 0 aliphatic rings. The van der Waals surface area contributed by atoms with Crippen LogP contribution in [0.25, 0.3) is 0 Å². The third kappa shape index (κ3) is 40.3. The molecule has 0 aromatic heterocycles. The predicted octanol–water partition coefficient (Wildman–Crippen LogP) is 12.0. The number of rotatable bonds is 42. The van der Waals surface area contributed by atoms with Gasteiger partial charge in [0, 0.05) is 12.8 Å². The lowest BCUT2D eigenvalue weighted by Gasteiger charge is -2.20. The van der Waals surface area contributed by atoms with Crippen LogP contribution in [0, 0.1) is 0 Å². The standard InChI is InChI=1S/C45H82NO10P/c1-3-5-7-9-11-13-15-17-18-19-20-21-22-23-25-26-28-30-32-34-36-43(47)53-38-41(39-54-57(51,52)55-40-42(46)45(49)50)56-44(48)37-35-33-31-29-27-24-16-14-12-10-8-6-4-2/h6,8,12,14,24,27,41-42H,3-5,7,9-11,13,15-23,25-26,28-40,46H2,1-2H3,(H,49,50)(H,51,52)/b8-6-,14-12-,27-24-. The van der Waals surface area contributed by atoms with Crippen LogP contribution in [-0.2, 0) is 37.5 Å². The number of hydrogen-bond donors (Lipinski definition) is 3. The van der Waals surface area contributed by atoms with Gasteiger partial charge in [-0.05, 0) is 44.9 Å². The molecule has 0 radical (unpaired) electrons. The van der Waals surface area contributed by atoms with E-state index in [1.165, 1.54) is 103 Å². The van der Waals surface area contributed by atoms with Crippen molar-refractivity contribution in [2.75, 3.05) is 19.8 Å². The zero-order valence-electron chi connectivity index (χ0n) is 35.9. The number of ether oxygens (including phenoxy) is 2. The summed E-state index contributed by atoms with van der Waals surface area (Å²) in [6.45, 7) is 2.67. The van der Waals surface area contributed by atoms with Gasteiger partial charge in [-0.1, -0.05) is 179 Å². The minimum Gasteiger partial charge on any atom is -0.480 e. The number of nitrogens with two attached hydrogens (primary N) is 1. The number of allylic oxidation sites excluding steroid dienone is 6. The molecule has 332 valence electrons. The second kappa shape index (κ2) is 40.5. The maximum absolute atomic E-state index is 12.6. The molecule has 0 heterocycles. The van der Waals surface area contributed by atoms with Gasteiger partial charge in [-0.3, -0.25) is 23.4 Å². The molecule has 0 saturated carbocycles. The third-order valence-corrected chi connectivity index (χ3v) is 10.6. The van der Waals surface area contributed by atoms with Crippen LogP contribution in [0.15, 0.2) is 36.5 Å². The summed E-state index contributed by atoms with van der Waals surface area (Å²) >= 11 is 0.